The number of nitrogen functional groups attached to an aromatic ring is 1. The molecule has 0 unspecified atom stereocenters. The van der Waals surface area contributed by atoms with E-state index in [1.54, 1.807) is 0 Å². The van der Waals surface area contributed by atoms with Crippen LogP contribution in [-0.4, -0.2) is 18.6 Å². The lowest BCUT2D eigenvalue weighted by atomic mass is 10.2. The van der Waals surface area contributed by atoms with E-state index < -0.39 is 0 Å². The van der Waals surface area contributed by atoms with Gasteiger partial charge in [0.25, 0.3) is 0 Å². The fourth-order valence-electron chi connectivity index (χ4n) is 1.25. The fraction of sp³-hybridized carbons (Fsp3) is 0.455. The quantitative estimate of drug-likeness (QED) is 0.560. The van der Waals surface area contributed by atoms with Crippen LogP contribution >= 0.6 is 11.8 Å². The molecule has 0 aliphatic carbocycles. The number of benzene rings is 1. The Hall–Kier alpha value is -0.830. The molecule has 0 heterocycles. The molecule has 0 aliphatic rings. The predicted molar refractivity (Wildman–Crippen MR) is 67.0 cm³/mol. The number of rotatable bonds is 6. The Morgan fingerprint density at radius 1 is 1.29 bits per heavy atom. The molecule has 2 nitrogen and oxygen atoms in total. The van der Waals surface area contributed by atoms with Gasteiger partial charge in [0.15, 0.2) is 0 Å². The minimum Gasteiger partial charge on any atom is -0.397 e. The molecule has 1 aromatic rings. The molecule has 0 atom stereocenters. The van der Waals surface area contributed by atoms with E-state index in [-0.39, 0.29) is 0 Å². The second kappa shape index (κ2) is 6.60. The fourth-order valence-corrected chi connectivity index (χ4v) is 1.75. The van der Waals surface area contributed by atoms with Crippen molar-refractivity contribution in [1.82, 2.24) is 0 Å². The third-order valence-electron chi connectivity index (χ3n) is 2.05. The zero-order chi connectivity index (χ0) is 10.2. The summed E-state index contributed by atoms with van der Waals surface area (Å²) in [5, 5.41) is 3.34. The van der Waals surface area contributed by atoms with E-state index in [9.17, 15) is 0 Å². The maximum absolute atomic E-state index is 5.79. The molecular weight excluding hydrogens is 192 g/mol. The highest BCUT2D eigenvalue weighted by Gasteiger charge is 1.95. The van der Waals surface area contributed by atoms with Crippen molar-refractivity contribution < 1.29 is 0 Å². The van der Waals surface area contributed by atoms with Gasteiger partial charge in [0.1, 0.15) is 0 Å². The molecule has 0 bridgehead atoms. The van der Waals surface area contributed by atoms with Crippen molar-refractivity contribution in [3.05, 3.63) is 24.3 Å². The Morgan fingerprint density at radius 2 is 2.07 bits per heavy atom. The van der Waals surface area contributed by atoms with Gasteiger partial charge in [0.2, 0.25) is 0 Å². The monoisotopic (exact) mass is 210 g/mol. The Labute approximate surface area is 90.3 Å². The molecule has 0 aromatic heterocycles. The first-order valence-corrected chi connectivity index (χ1v) is 6.31. The molecule has 0 spiro atoms. The summed E-state index contributed by atoms with van der Waals surface area (Å²) < 4.78 is 0. The Kier molecular flexibility index (Phi) is 5.30. The van der Waals surface area contributed by atoms with Crippen LogP contribution in [0.15, 0.2) is 24.3 Å². The van der Waals surface area contributed by atoms with Crippen LogP contribution in [0.5, 0.6) is 0 Å². The lowest BCUT2D eigenvalue weighted by Gasteiger charge is -2.08. The lowest BCUT2D eigenvalue weighted by Crippen LogP contribution is -2.04. The van der Waals surface area contributed by atoms with E-state index >= 15 is 0 Å². The zero-order valence-electron chi connectivity index (χ0n) is 8.62. The molecule has 78 valence electrons. The maximum Gasteiger partial charge on any atom is 0.0573 e. The SMILES string of the molecule is CSCCCCNc1ccccc1N. The van der Waals surface area contributed by atoms with Crippen molar-refractivity contribution in [3.8, 4) is 0 Å². The van der Waals surface area contributed by atoms with Crippen molar-refractivity contribution >= 4 is 23.1 Å². The molecule has 14 heavy (non-hydrogen) atoms. The number of unbranched alkanes of at least 4 members (excludes halogenated alkanes) is 1. The van der Waals surface area contributed by atoms with Crippen molar-refractivity contribution in [1.29, 1.82) is 0 Å². The Morgan fingerprint density at radius 3 is 2.79 bits per heavy atom. The number of anilines is 2. The highest BCUT2D eigenvalue weighted by molar-refractivity contribution is 7.98. The average Bonchev–Trinajstić information content (AvgIpc) is 2.20. The molecule has 0 amide bonds. The Balaban J connectivity index is 2.21. The predicted octanol–water partition coefficient (Wildman–Crippen LogP) is 2.82. The minimum atomic E-state index is 0.831. The van der Waals surface area contributed by atoms with Gasteiger partial charge in [-0.15, -0.1) is 0 Å². The highest BCUT2D eigenvalue weighted by atomic mass is 32.2. The second-order valence-electron chi connectivity index (χ2n) is 3.21. The van der Waals surface area contributed by atoms with E-state index in [1.165, 1.54) is 18.6 Å². The summed E-state index contributed by atoms with van der Waals surface area (Å²) in [6.07, 6.45) is 4.61. The van der Waals surface area contributed by atoms with Gasteiger partial charge in [-0.1, -0.05) is 12.1 Å². The van der Waals surface area contributed by atoms with Crippen LogP contribution in [0.2, 0.25) is 0 Å². The van der Waals surface area contributed by atoms with Crippen LogP contribution in [0.25, 0.3) is 0 Å². The van der Waals surface area contributed by atoms with Gasteiger partial charge in [-0.05, 0) is 37.0 Å². The highest BCUT2D eigenvalue weighted by Crippen LogP contribution is 2.16. The topological polar surface area (TPSA) is 38.0 Å². The van der Waals surface area contributed by atoms with Crippen molar-refractivity contribution in [2.45, 2.75) is 12.8 Å². The molecule has 3 N–H and O–H groups in total. The summed E-state index contributed by atoms with van der Waals surface area (Å²) >= 11 is 1.90. The van der Waals surface area contributed by atoms with Gasteiger partial charge in [0, 0.05) is 6.54 Å². The van der Waals surface area contributed by atoms with Gasteiger partial charge in [-0.25, -0.2) is 0 Å². The van der Waals surface area contributed by atoms with Crippen LogP contribution in [-0.2, 0) is 0 Å². The number of nitrogens with one attached hydrogen (secondary N) is 1. The maximum atomic E-state index is 5.79. The standard InChI is InChI=1S/C11H18N2S/c1-14-9-5-4-8-13-11-7-3-2-6-10(11)12/h2-3,6-7,13H,4-5,8-9,12H2,1H3. The summed E-state index contributed by atoms with van der Waals surface area (Å²) in [6.45, 7) is 1.01. The summed E-state index contributed by atoms with van der Waals surface area (Å²) in [4.78, 5) is 0. The average molecular weight is 210 g/mol. The van der Waals surface area contributed by atoms with E-state index in [0.717, 1.165) is 17.9 Å². The first-order chi connectivity index (χ1) is 6.84. The Bertz CT molecular complexity index is 263. The van der Waals surface area contributed by atoms with Gasteiger partial charge < -0.3 is 11.1 Å². The van der Waals surface area contributed by atoms with Crippen LogP contribution < -0.4 is 11.1 Å². The van der Waals surface area contributed by atoms with E-state index in [0.29, 0.717) is 0 Å². The van der Waals surface area contributed by atoms with E-state index in [4.69, 9.17) is 5.73 Å². The minimum absolute atomic E-state index is 0.831. The number of hydrogen-bond donors (Lipinski definition) is 2. The summed E-state index contributed by atoms with van der Waals surface area (Å²) in [5.74, 6) is 1.24. The number of thioether (sulfide) groups is 1. The first kappa shape index (κ1) is 11.2. The number of hydrogen-bond acceptors (Lipinski definition) is 3. The summed E-state index contributed by atoms with van der Waals surface area (Å²) in [5.41, 5.74) is 7.68. The molecule has 0 saturated carbocycles. The largest absolute Gasteiger partial charge is 0.397 e. The zero-order valence-corrected chi connectivity index (χ0v) is 9.44. The molecule has 1 rings (SSSR count). The number of para-hydroxylation sites is 2. The van der Waals surface area contributed by atoms with Crippen LogP contribution in [0.3, 0.4) is 0 Å². The summed E-state index contributed by atoms with van der Waals surface area (Å²) in [6, 6.07) is 7.89. The van der Waals surface area contributed by atoms with Crippen molar-refractivity contribution in [2.24, 2.45) is 0 Å². The van der Waals surface area contributed by atoms with Gasteiger partial charge in [-0.2, -0.15) is 11.8 Å². The molecular formula is C11H18N2S. The van der Waals surface area contributed by atoms with Gasteiger partial charge >= 0.3 is 0 Å². The molecule has 0 aliphatic heterocycles. The molecule has 0 fully saturated rings. The molecule has 0 saturated heterocycles. The normalized spacial score (nSPS) is 10.1. The third kappa shape index (κ3) is 3.92. The summed E-state index contributed by atoms with van der Waals surface area (Å²) in [7, 11) is 0. The third-order valence-corrected chi connectivity index (χ3v) is 2.75. The lowest BCUT2D eigenvalue weighted by molar-refractivity contribution is 0.843. The van der Waals surface area contributed by atoms with Crippen LogP contribution in [0, 0.1) is 0 Å². The van der Waals surface area contributed by atoms with E-state index in [1.807, 2.05) is 36.0 Å². The van der Waals surface area contributed by atoms with Crippen molar-refractivity contribution in [2.75, 3.05) is 29.6 Å². The van der Waals surface area contributed by atoms with Gasteiger partial charge in [0.05, 0.1) is 11.4 Å². The van der Waals surface area contributed by atoms with Gasteiger partial charge in [-0.3, -0.25) is 0 Å². The second-order valence-corrected chi connectivity index (χ2v) is 4.20. The van der Waals surface area contributed by atoms with Crippen LogP contribution in [0.4, 0.5) is 11.4 Å². The molecule has 0 radical (unpaired) electrons. The molecule has 1 aromatic carbocycles. The smallest absolute Gasteiger partial charge is 0.0573 e. The number of nitrogens with two attached hydrogens (primary N) is 1. The first-order valence-electron chi connectivity index (χ1n) is 4.92. The molecule has 3 heteroatoms. The van der Waals surface area contributed by atoms with Crippen molar-refractivity contribution in [3.63, 3.8) is 0 Å². The van der Waals surface area contributed by atoms with Crippen LogP contribution in [0.1, 0.15) is 12.8 Å². The van der Waals surface area contributed by atoms with E-state index in [2.05, 4.69) is 11.6 Å².